The van der Waals surface area contributed by atoms with Crippen molar-refractivity contribution < 1.29 is 4.79 Å². The van der Waals surface area contributed by atoms with Crippen LogP contribution in [0.4, 0.5) is 5.69 Å². The third-order valence-electron chi connectivity index (χ3n) is 4.00. The number of halogens is 1. The summed E-state index contributed by atoms with van der Waals surface area (Å²) in [7, 11) is 0. The maximum Gasteiger partial charge on any atom is 0.266 e. The first kappa shape index (κ1) is 17.6. The van der Waals surface area contributed by atoms with Gasteiger partial charge in [0, 0.05) is 6.54 Å². The highest BCUT2D eigenvalue weighted by Crippen LogP contribution is 2.29. The maximum absolute atomic E-state index is 12.7. The third-order valence-corrected chi connectivity index (χ3v) is 5.53. The van der Waals surface area contributed by atoms with E-state index >= 15 is 0 Å². The van der Waals surface area contributed by atoms with Crippen LogP contribution in [0, 0.1) is 6.92 Å². The van der Waals surface area contributed by atoms with E-state index in [9.17, 15) is 9.59 Å². The van der Waals surface area contributed by atoms with Crippen molar-refractivity contribution in [2.75, 3.05) is 5.32 Å². The van der Waals surface area contributed by atoms with Crippen LogP contribution in [-0.4, -0.2) is 15.5 Å². The predicted molar refractivity (Wildman–Crippen MR) is 103 cm³/mol. The van der Waals surface area contributed by atoms with E-state index in [4.69, 9.17) is 11.6 Å². The average molecular weight is 376 g/mol. The summed E-state index contributed by atoms with van der Waals surface area (Å²) in [6.45, 7) is 4.49. The summed E-state index contributed by atoms with van der Waals surface area (Å²) in [5.74, 6) is -0.284. The summed E-state index contributed by atoms with van der Waals surface area (Å²) < 4.78 is 1.61. The molecule has 0 saturated heterocycles. The number of carbonyl (C=O) groups is 1. The number of nitrogens with one attached hydrogen (secondary N) is 1. The van der Waals surface area contributed by atoms with Crippen LogP contribution in [0.5, 0.6) is 0 Å². The molecule has 0 unspecified atom stereocenters. The molecule has 2 aromatic heterocycles. The van der Waals surface area contributed by atoms with Gasteiger partial charge in [0.05, 0.1) is 27.3 Å². The minimum atomic E-state index is -0.284. The van der Waals surface area contributed by atoms with Crippen LogP contribution in [0.3, 0.4) is 0 Å². The van der Waals surface area contributed by atoms with Gasteiger partial charge in [-0.3, -0.25) is 14.2 Å². The Labute approximate surface area is 154 Å². The van der Waals surface area contributed by atoms with E-state index in [0.29, 0.717) is 37.9 Å². The second-order valence-corrected chi connectivity index (χ2v) is 7.17. The molecular formula is C18H18ClN3O2S. The van der Waals surface area contributed by atoms with Crippen molar-refractivity contribution in [3.8, 4) is 0 Å². The Hall–Kier alpha value is -2.18. The smallest absolute Gasteiger partial charge is 0.266 e. The van der Waals surface area contributed by atoms with Crippen LogP contribution in [0.2, 0.25) is 5.02 Å². The number of hydrogen-bond acceptors (Lipinski definition) is 4. The van der Waals surface area contributed by atoms with E-state index in [1.54, 1.807) is 42.1 Å². The van der Waals surface area contributed by atoms with Gasteiger partial charge in [-0.15, -0.1) is 11.3 Å². The first-order chi connectivity index (χ1) is 12.0. The molecule has 0 aliphatic rings. The summed E-state index contributed by atoms with van der Waals surface area (Å²) in [6, 6.07) is 7.04. The summed E-state index contributed by atoms with van der Waals surface area (Å²) >= 11 is 7.32. The van der Waals surface area contributed by atoms with Crippen LogP contribution < -0.4 is 10.9 Å². The van der Waals surface area contributed by atoms with Gasteiger partial charge in [0.2, 0.25) is 0 Å². The van der Waals surface area contributed by atoms with Gasteiger partial charge in [-0.1, -0.05) is 37.1 Å². The van der Waals surface area contributed by atoms with E-state index in [0.717, 1.165) is 12.8 Å². The van der Waals surface area contributed by atoms with Gasteiger partial charge in [-0.05, 0) is 31.0 Å². The lowest BCUT2D eigenvalue weighted by atomic mass is 10.2. The number of carbonyl (C=O) groups excluding carboxylic acids is 1. The highest BCUT2D eigenvalue weighted by atomic mass is 35.5. The number of para-hydroxylation sites is 1. The summed E-state index contributed by atoms with van der Waals surface area (Å²) in [6.07, 6.45) is 3.47. The molecule has 5 nitrogen and oxygen atoms in total. The zero-order chi connectivity index (χ0) is 18.0. The van der Waals surface area contributed by atoms with Crippen LogP contribution in [0.1, 0.15) is 35.0 Å². The molecule has 0 saturated carbocycles. The van der Waals surface area contributed by atoms with Crippen LogP contribution in [-0.2, 0) is 6.54 Å². The Kier molecular flexibility index (Phi) is 5.20. The largest absolute Gasteiger partial charge is 0.320 e. The first-order valence-electron chi connectivity index (χ1n) is 8.07. The molecular weight excluding hydrogens is 358 g/mol. The number of thiophene rings is 1. The Bertz CT molecular complexity index is 994. The fourth-order valence-electron chi connectivity index (χ4n) is 2.61. The minimum absolute atomic E-state index is 0.0935. The van der Waals surface area contributed by atoms with Crippen molar-refractivity contribution in [1.82, 2.24) is 9.55 Å². The lowest BCUT2D eigenvalue weighted by Crippen LogP contribution is -2.20. The molecule has 25 heavy (non-hydrogen) atoms. The van der Waals surface area contributed by atoms with Crippen molar-refractivity contribution >= 4 is 44.7 Å². The van der Waals surface area contributed by atoms with Gasteiger partial charge >= 0.3 is 0 Å². The number of nitrogens with zero attached hydrogens (tertiary/aromatic N) is 2. The third kappa shape index (κ3) is 3.45. The molecule has 1 amide bonds. The van der Waals surface area contributed by atoms with E-state index in [1.807, 2.05) is 0 Å². The topological polar surface area (TPSA) is 64.0 Å². The summed E-state index contributed by atoms with van der Waals surface area (Å²) in [5.41, 5.74) is 1.11. The zero-order valence-electron chi connectivity index (χ0n) is 14.0. The van der Waals surface area contributed by atoms with Crippen molar-refractivity contribution in [3.63, 3.8) is 0 Å². The SMILES string of the molecule is CCCCn1cnc2sc(C(=O)Nc3ccccc3Cl)c(C)c2c1=O. The van der Waals surface area contributed by atoms with Gasteiger partial charge in [0.1, 0.15) is 4.83 Å². The normalized spacial score (nSPS) is 11.0. The number of aromatic nitrogens is 2. The molecule has 1 N–H and O–H groups in total. The van der Waals surface area contributed by atoms with Crippen molar-refractivity contribution in [2.24, 2.45) is 0 Å². The standard InChI is InChI=1S/C18H18ClN3O2S/c1-3-4-9-22-10-20-17-14(18(22)24)11(2)15(25-17)16(23)21-13-8-6-5-7-12(13)19/h5-8,10H,3-4,9H2,1-2H3,(H,21,23). The lowest BCUT2D eigenvalue weighted by Gasteiger charge is -2.06. The lowest BCUT2D eigenvalue weighted by molar-refractivity contribution is 0.103. The van der Waals surface area contributed by atoms with Gasteiger partial charge in [-0.25, -0.2) is 4.98 Å². The Morgan fingerprint density at radius 1 is 1.36 bits per heavy atom. The van der Waals surface area contributed by atoms with E-state index in [-0.39, 0.29) is 11.5 Å². The van der Waals surface area contributed by atoms with Gasteiger partial charge in [0.25, 0.3) is 11.5 Å². The van der Waals surface area contributed by atoms with Crippen molar-refractivity contribution in [1.29, 1.82) is 0 Å². The fraction of sp³-hybridized carbons (Fsp3) is 0.278. The number of hydrogen-bond donors (Lipinski definition) is 1. The molecule has 0 atom stereocenters. The Morgan fingerprint density at radius 2 is 2.12 bits per heavy atom. The van der Waals surface area contributed by atoms with E-state index < -0.39 is 0 Å². The van der Waals surface area contributed by atoms with Crippen LogP contribution in [0.15, 0.2) is 35.4 Å². The number of rotatable bonds is 5. The fourth-order valence-corrected chi connectivity index (χ4v) is 3.82. The van der Waals surface area contributed by atoms with Gasteiger partial charge in [0.15, 0.2) is 0 Å². The summed E-state index contributed by atoms with van der Waals surface area (Å²) in [4.78, 5) is 30.7. The number of anilines is 1. The van der Waals surface area contributed by atoms with Crippen molar-refractivity contribution in [2.45, 2.75) is 33.2 Å². The highest BCUT2D eigenvalue weighted by molar-refractivity contribution is 7.20. The zero-order valence-corrected chi connectivity index (χ0v) is 15.6. The molecule has 3 aromatic rings. The quantitative estimate of drug-likeness (QED) is 0.715. The second-order valence-electron chi connectivity index (χ2n) is 5.77. The van der Waals surface area contributed by atoms with Gasteiger partial charge in [-0.2, -0.15) is 0 Å². The number of unbranched alkanes of at least 4 members (excludes halogenated alkanes) is 1. The molecule has 0 aliphatic heterocycles. The molecule has 0 bridgehead atoms. The van der Waals surface area contributed by atoms with Crippen LogP contribution in [0.25, 0.3) is 10.2 Å². The number of benzene rings is 1. The van der Waals surface area contributed by atoms with Crippen LogP contribution >= 0.6 is 22.9 Å². The average Bonchev–Trinajstić information content (AvgIpc) is 2.94. The van der Waals surface area contributed by atoms with E-state index in [1.165, 1.54) is 11.3 Å². The Morgan fingerprint density at radius 3 is 2.84 bits per heavy atom. The second kappa shape index (κ2) is 7.37. The minimum Gasteiger partial charge on any atom is -0.320 e. The molecule has 130 valence electrons. The molecule has 0 fully saturated rings. The predicted octanol–water partition coefficient (Wildman–Crippen LogP) is 4.47. The molecule has 7 heteroatoms. The van der Waals surface area contributed by atoms with E-state index in [2.05, 4.69) is 17.2 Å². The number of aryl methyl sites for hydroxylation is 2. The highest BCUT2D eigenvalue weighted by Gasteiger charge is 2.20. The van der Waals surface area contributed by atoms with Gasteiger partial charge < -0.3 is 5.32 Å². The monoisotopic (exact) mass is 375 g/mol. The molecule has 1 aromatic carbocycles. The molecule has 2 heterocycles. The Balaban J connectivity index is 1.99. The summed E-state index contributed by atoms with van der Waals surface area (Å²) in [5, 5.41) is 3.79. The molecule has 0 radical (unpaired) electrons. The number of fused-ring (bicyclic) bond motifs is 1. The first-order valence-corrected chi connectivity index (χ1v) is 9.26. The number of amides is 1. The molecule has 0 spiro atoms. The maximum atomic E-state index is 12.7. The molecule has 3 rings (SSSR count). The van der Waals surface area contributed by atoms with Crippen molar-refractivity contribution in [3.05, 3.63) is 56.4 Å². The molecule has 0 aliphatic carbocycles.